The molecule has 0 bridgehead atoms. The van der Waals surface area contributed by atoms with Gasteiger partial charge in [-0.1, -0.05) is 0 Å². The molecular formula is C9H7BrClF2NO. The highest BCUT2D eigenvalue weighted by atomic mass is 79.9. The summed E-state index contributed by atoms with van der Waals surface area (Å²) in [6.45, 7) is 1.45. The van der Waals surface area contributed by atoms with Gasteiger partial charge in [0.05, 0.1) is 5.69 Å². The van der Waals surface area contributed by atoms with Crippen LogP contribution in [0.15, 0.2) is 16.6 Å². The Balaban J connectivity index is 3.00. The van der Waals surface area contributed by atoms with Crippen LogP contribution in [0, 0.1) is 11.6 Å². The maximum atomic E-state index is 13.2. The summed E-state index contributed by atoms with van der Waals surface area (Å²) in [6.07, 6.45) is 0. The van der Waals surface area contributed by atoms with E-state index in [1.807, 2.05) is 0 Å². The van der Waals surface area contributed by atoms with Crippen LogP contribution in [0.25, 0.3) is 0 Å². The summed E-state index contributed by atoms with van der Waals surface area (Å²) in [6, 6.07) is 1.73. The Morgan fingerprint density at radius 3 is 2.60 bits per heavy atom. The molecule has 0 fully saturated rings. The molecule has 0 radical (unpaired) electrons. The van der Waals surface area contributed by atoms with Crippen LogP contribution in [0.3, 0.4) is 0 Å². The van der Waals surface area contributed by atoms with Crippen LogP contribution in [0.4, 0.5) is 14.5 Å². The lowest BCUT2D eigenvalue weighted by molar-refractivity contribution is -0.115. The minimum Gasteiger partial charge on any atom is -0.321 e. The third kappa shape index (κ3) is 3.14. The molecule has 2 nitrogen and oxygen atoms in total. The van der Waals surface area contributed by atoms with Crippen LogP contribution < -0.4 is 5.32 Å². The van der Waals surface area contributed by atoms with Gasteiger partial charge in [-0.05, 0) is 28.9 Å². The zero-order valence-corrected chi connectivity index (χ0v) is 9.99. The topological polar surface area (TPSA) is 29.1 Å². The molecule has 0 saturated carbocycles. The molecule has 0 heterocycles. The maximum absolute atomic E-state index is 13.2. The molecule has 0 aromatic heterocycles. The molecule has 6 heteroatoms. The Morgan fingerprint density at radius 2 is 2.13 bits per heavy atom. The molecule has 1 unspecified atom stereocenters. The average molecular weight is 299 g/mol. The fourth-order valence-electron chi connectivity index (χ4n) is 0.884. The van der Waals surface area contributed by atoms with Gasteiger partial charge in [-0.3, -0.25) is 4.79 Å². The summed E-state index contributed by atoms with van der Waals surface area (Å²) < 4.78 is 26.0. The Hall–Kier alpha value is -0.680. The fourth-order valence-corrected chi connectivity index (χ4v) is 1.45. The summed E-state index contributed by atoms with van der Waals surface area (Å²) in [5, 5.41) is 1.46. The SMILES string of the molecule is CC(Cl)C(=O)Nc1c(F)cc(F)cc1Br. The van der Waals surface area contributed by atoms with E-state index >= 15 is 0 Å². The molecule has 15 heavy (non-hydrogen) atoms. The second-order valence-corrected chi connectivity index (χ2v) is 4.36. The van der Waals surface area contributed by atoms with Crippen LogP contribution in [-0.4, -0.2) is 11.3 Å². The largest absolute Gasteiger partial charge is 0.321 e. The lowest BCUT2D eigenvalue weighted by Crippen LogP contribution is -2.21. The van der Waals surface area contributed by atoms with Crippen molar-refractivity contribution in [3.8, 4) is 0 Å². The lowest BCUT2D eigenvalue weighted by Gasteiger charge is -2.09. The number of amides is 1. The van der Waals surface area contributed by atoms with Crippen molar-refractivity contribution < 1.29 is 13.6 Å². The fraction of sp³-hybridized carbons (Fsp3) is 0.222. The average Bonchev–Trinajstić information content (AvgIpc) is 2.10. The van der Waals surface area contributed by atoms with Gasteiger partial charge in [0.1, 0.15) is 11.2 Å². The third-order valence-corrected chi connectivity index (χ3v) is 2.44. The van der Waals surface area contributed by atoms with Crippen LogP contribution in [0.5, 0.6) is 0 Å². The van der Waals surface area contributed by atoms with Gasteiger partial charge in [0, 0.05) is 10.5 Å². The number of alkyl halides is 1. The summed E-state index contributed by atoms with van der Waals surface area (Å²) in [5.41, 5.74) is -0.117. The first-order valence-corrected chi connectivity index (χ1v) is 5.24. The number of hydrogen-bond acceptors (Lipinski definition) is 1. The van der Waals surface area contributed by atoms with Crippen LogP contribution in [-0.2, 0) is 4.79 Å². The van der Waals surface area contributed by atoms with Crippen molar-refractivity contribution in [1.82, 2.24) is 0 Å². The van der Waals surface area contributed by atoms with Crippen molar-refractivity contribution in [2.24, 2.45) is 0 Å². The first kappa shape index (κ1) is 12.4. The molecule has 1 amide bonds. The monoisotopic (exact) mass is 297 g/mol. The number of nitrogens with one attached hydrogen (secondary N) is 1. The Labute approximate surface area is 98.7 Å². The normalized spacial score (nSPS) is 12.3. The first-order valence-electron chi connectivity index (χ1n) is 4.01. The molecule has 0 aliphatic rings. The highest BCUT2D eigenvalue weighted by molar-refractivity contribution is 9.10. The predicted octanol–water partition coefficient (Wildman–Crippen LogP) is 3.29. The van der Waals surface area contributed by atoms with Crippen LogP contribution >= 0.6 is 27.5 Å². The minimum atomic E-state index is -0.854. The van der Waals surface area contributed by atoms with Crippen molar-refractivity contribution >= 4 is 39.1 Å². The van der Waals surface area contributed by atoms with Gasteiger partial charge in [0.15, 0.2) is 5.82 Å². The first-order chi connectivity index (χ1) is 6.91. The molecule has 1 N–H and O–H groups in total. The number of halogens is 4. The van der Waals surface area contributed by atoms with E-state index in [1.165, 1.54) is 6.92 Å². The molecule has 1 atom stereocenters. The summed E-state index contributed by atoms with van der Waals surface area (Å²) in [7, 11) is 0. The number of anilines is 1. The molecule has 1 rings (SSSR count). The lowest BCUT2D eigenvalue weighted by atomic mass is 10.3. The summed E-state index contributed by atoms with van der Waals surface area (Å²) in [4.78, 5) is 11.2. The van der Waals surface area contributed by atoms with Crippen LogP contribution in [0.2, 0.25) is 0 Å². The molecule has 82 valence electrons. The Bertz CT molecular complexity index is 375. The zero-order chi connectivity index (χ0) is 11.6. The van der Waals surface area contributed by atoms with Gasteiger partial charge < -0.3 is 5.32 Å². The van der Waals surface area contributed by atoms with Gasteiger partial charge >= 0.3 is 0 Å². The van der Waals surface area contributed by atoms with Crippen molar-refractivity contribution in [2.45, 2.75) is 12.3 Å². The maximum Gasteiger partial charge on any atom is 0.242 e. The van der Waals surface area contributed by atoms with Crippen LogP contribution in [0.1, 0.15) is 6.92 Å². The number of benzene rings is 1. The molecule has 0 spiro atoms. The number of carbonyl (C=O) groups excluding carboxylic acids is 1. The van der Waals surface area contributed by atoms with Crippen molar-refractivity contribution in [3.05, 3.63) is 28.2 Å². The number of hydrogen-bond donors (Lipinski definition) is 1. The van der Waals surface area contributed by atoms with Gasteiger partial charge in [-0.25, -0.2) is 8.78 Å². The van der Waals surface area contributed by atoms with Gasteiger partial charge in [-0.15, -0.1) is 11.6 Å². The molecule has 0 aliphatic heterocycles. The molecule has 1 aromatic rings. The molecule has 0 aliphatic carbocycles. The van der Waals surface area contributed by atoms with E-state index in [4.69, 9.17) is 11.6 Å². The van der Waals surface area contributed by atoms with Crippen molar-refractivity contribution in [2.75, 3.05) is 5.32 Å². The van der Waals surface area contributed by atoms with E-state index in [-0.39, 0.29) is 10.2 Å². The van der Waals surface area contributed by atoms with E-state index in [0.29, 0.717) is 6.07 Å². The molecule has 1 aromatic carbocycles. The Morgan fingerprint density at radius 1 is 1.53 bits per heavy atom. The molecule has 0 saturated heterocycles. The quantitative estimate of drug-likeness (QED) is 0.834. The van der Waals surface area contributed by atoms with E-state index in [1.54, 1.807) is 0 Å². The Kier molecular flexibility index (Phi) is 4.04. The number of rotatable bonds is 2. The standard InChI is InChI=1S/C9H7BrClF2NO/c1-4(11)9(15)14-8-6(10)2-5(12)3-7(8)13/h2-4H,1H3,(H,14,15). The second-order valence-electron chi connectivity index (χ2n) is 2.85. The van der Waals surface area contributed by atoms with Gasteiger partial charge in [0.2, 0.25) is 5.91 Å². The van der Waals surface area contributed by atoms with Gasteiger partial charge in [-0.2, -0.15) is 0 Å². The summed E-state index contributed by atoms with van der Waals surface area (Å²) in [5.74, 6) is -2.13. The van der Waals surface area contributed by atoms with E-state index < -0.39 is 22.9 Å². The molecular weight excluding hydrogens is 291 g/mol. The predicted molar refractivity (Wildman–Crippen MR) is 58.0 cm³/mol. The van der Waals surface area contributed by atoms with Gasteiger partial charge in [0.25, 0.3) is 0 Å². The van der Waals surface area contributed by atoms with Crippen molar-refractivity contribution in [1.29, 1.82) is 0 Å². The zero-order valence-electron chi connectivity index (χ0n) is 7.65. The highest BCUT2D eigenvalue weighted by Crippen LogP contribution is 2.27. The smallest absolute Gasteiger partial charge is 0.242 e. The van der Waals surface area contributed by atoms with E-state index in [9.17, 15) is 13.6 Å². The number of carbonyl (C=O) groups is 1. The van der Waals surface area contributed by atoms with E-state index in [2.05, 4.69) is 21.2 Å². The third-order valence-electron chi connectivity index (χ3n) is 1.62. The van der Waals surface area contributed by atoms with E-state index in [0.717, 1.165) is 6.07 Å². The van der Waals surface area contributed by atoms with Crippen molar-refractivity contribution in [3.63, 3.8) is 0 Å². The second kappa shape index (κ2) is 4.90. The summed E-state index contributed by atoms with van der Waals surface area (Å²) >= 11 is 8.43. The highest BCUT2D eigenvalue weighted by Gasteiger charge is 2.15. The minimum absolute atomic E-state index is 0.117.